The van der Waals surface area contributed by atoms with Gasteiger partial charge in [-0.1, -0.05) is 0 Å². The van der Waals surface area contributed by atoms with Gasteiger partial charge in [-0.3, -0.25) is 4.79 Å². The van der Waals surface area contributed by atoms with E-state index in [1.165, 1.54) is 23.5 Å². The zero-order valence-corrected chi connectivity index (χ0v) is 14.0. The molecular formula is C16H20FN3O2S. The smallest absolute Gasteiger partial charge is 0.263 e. The fourth-order valence-corrected chi connectivity index (χ4v) is 2.96. The lowest BCUT2D eigenvalue weighted by Crippen LogP contribution is -2.33. The van der Waals surface area contributed by atoms with Crippen LogP contribution in [0.25, 0.3) is 10.6 Å². The van der Waals surface area contributed by atoms with Gasteiger partial charge in [0.05, 0.1) is 12.3 Å². The van der Waals surface area contributed by atoms with Crippen LogP contribution in [0.3, 0.4) is 0 Å². The Hall–Kier alpha value is -1.83. The third kappa shape index (κ3) is 5.09. The van der Waals surface area contributed by atoms with Crippen LogP contribution in [0.1, 0.15) is 15.4 Å². The van der Waals surface area contributed by atoms with Crippen molar-refractivity contribution in [3.8, 4) is 10.6 Å². The van der Waals surface area contributed by atoms with Crippen molar-refractivity contribution in [1.29, 1.82) is 0 Å². The first-order valence-electron chi connectivity index (χ1n) is 7.33. The van der Waals surface area contributed by atoms with Gasteiger partial charge >= 0.3 is 0 Å². The highest BCUT2D eigenvalue weighted by atomic mass is 32.1. The predicted molar refractivity (Wildman–Crippen MR) is 89.3 cm³/mol. The maximum absolute atomic E-state index is 13.0. The second-order valence-electron chi connectivity index (χ2n) is 4.94. The normalized spacial score (nSPS) is 10.7. The van der Waals surface area contributed by atoms with Crippen LogP contribution >= 0.6 is 11.3 Å². The first-order chi connectivity index (χ1) is 11.1. The number of carbonyl (C=O) groups is 1. The zero-order valence-electron chi connectivity index (χ0n) is 13.2. The Bertz CT molecular complexity index is 643. The SMILES string of the molecule is COCCNCCNC(=O)c1sc(-c2ccc(F)cc2)nc1C. The highest BCUT2D eigenvalue weighted by molar-refractivity contribution is 7.17. The van der Waals surface area contributed by atoms with Crippen LogP contribution in [-0.2, 0) is 4.74 Å². The van der Waals surface area contributed by atoms with Crippen molar-refractivity contribution >= 4 is 17.2 Å². The number of methoxy groups -OCH3 is 1. The second-order valence-corrected chi connectivity index (χ2v) is 5.94. The molecule has 1 aromatic heterocycles. The van der Waals surface area contributed by atoms with E-state index in [4.69, 9.17) is 4.74 Å². The molecule has 0 aliphatic heterocycles. The van der Waals surface area contributed by atoms with Crippen LogP contribution in [0.4, 0.5) is 4.39 Å². The molecule has 2 rings (SSSR count). The van der Waals surface area contributed by atoms with Crippen LogP contribution in [-0.4, -0.2) is 44.2 Å². The van der Waals surface area contributed by atoms with Gasteiger partial charge in [-0.05, 0) is 31.2 Å². The minimum atomic E-state index is -0.291. The van der Waals surface area contributed by atoms with Gasteiger partial charge in [0, 0.05) is 32.3 Å². The Morgan fingerprint density at radius 1 is 1.26 bits per heavy atom. The van der Waals surface area contributed by atoms with E-state index < -0.39 is 0 Å². The van der Waals surface area contributed by atoms with E-state index in [0.29, 0.717) is 35.3 Å². The van der Waals surface area contributed by atoms with Gasteiger partial charge in [0.25, 0.3) is 5.91 Å². The third-order valence-corrected chi connectivity index (χ3v) is 4.37. The lowest BCUT2D eigenvalue weighted by molar-refractivity contribution is 0.0957. The molecule has 7 heteroatoms. The maximum Gasteiger partial charge on any atom is 0.263 e. The largest absolute Gasteiger partial charge is 0.383 e. The first kappa shape index (κ1) is 17.5. The number of halogens is 1. The van der Waals surface area contributed by atoms with E-state index >= 15 is 0 Å². The Balaban J connectivity index is 1.92. The monoisotopic (exact) mass is 337 g/mol. The van der Waals surface area contributed by atoms with E-state index in [0.717, 1.165) is 12.1 Å². The molecule has 0 bridgehead atoms. The van der Waals surface area contributed by atoms with E-state index in [9.17, 15) is 9.18 Å². The summed E-state index contributed by atoms with van der Waals surface area (Å²) in [6.07, 6.45) is 0. The number of hydrogen-bond donors (Lipinski definition) is 2. The molecule has 1 amide bonds. The Kier molecular flexibility index (Phi) is 6.64. The van der Waals surface area contributed by atoms with Crippen molar-refractivity contribution in [2.75, 3.05) is 33.4 Å². The summed E-state index contributed by atoms with van der Waals surface area (Å²) in [5.41, 5.74) is 1.49. The predicted octanol–water partition coefficient (Wildman–Crippen LogP) is 2.22. The van der Waals surface area contributed by atoms with Crippen LogP contribution in [0.15, 0.2) is 24.3 Å². The lowest BCUT2D eigenvalue weighted by Gasteiger charge is -2.05. The zero-order chi connectivity index (χ0) is 16.7. The number of benzene rings is 1. The summed E-state index contributed by atoms with van der Waals surface area (Å²) in [6, 6.07) is 6.10. The maximum atomic E-state index is 13.0. The Morgan fingerprint density at radius 2 is 2.00 bits per heavy atom. The van der Waals surface area contributed by atoms with Crippen LogP contribution in [0.2, 0.25) is 0 Å². The number of rotatable bonds is 8. The van der Waals surface area contributed by atoms with E-state index in [-0.39, 0.29) is 11.7 Å². The summed E-state index contributed by atoms with van der Waals surface area (Å²) < 4.78 is 17.9. The molecule has 124 valence electrons. The number of carbonyl (C=O) groups excluding carboxylic acids is 1. The summed E-state index contributed by atoms with van der Waals surface area (Å²) >= 11 is 1.31. The third-order valence-electron chi connectivity index (χ3n) is 3.16. The van der Waals surface area contributed by atoms with Gasteiger partial charge in [-0.15, -0.1) is 11.3 Å². The van der Waals surface area contributed by atoms with Gasteiger partial charge in [0.2, 0.25) is 0 Å². The average molecular weight is 337 g/mol. The molecule has 0 radical (unpaired) electrons. The van der Waals surface area contributed by atoms with Gasteiger partial charge in [-0.25, -0.2) is 9.37 Å². The van der Waals surface area contributed by atoms with E-state index in [2.05, 4.69) is 15.6 Å². The molecule has 2 N–H and O–H groups in total. The van der Waals surface area contributed by atoms with Crippen molar-refractivity contribution in [2.24, 2.45) is 0 Å². The van der Waals surface area contributed by atoms with Crippen LogP contribution in [0, 0.1) is 12.7 Å². The number of nitrogens with zero attached hydrogens (tertiary/aromatic N) is 1. The molecule has 0 saturated carbocycles. The highest BCUT2D eigenvalue weighted by Crippen LogP contribution is 2.27. The summed E-state index contributed by atoms with van der Waals surface area (Å²) in [5.74, 6) is -0.428. The lowest BCUT2D eigenvalue weighted by atomic mass is 10.2. The van der Waals surface area contributed by atoms with Crippen LogP contribution in [0.5, 0.6) is 0 Å². The number of aromatic nitrogens is 1. The molecule has 0 fully saturated rings. The van der Waals surface area contributed by atoms with Crippen molar-refractivity contribution in [3.05, 3.63) is 40.7 Å². The number of hydrogen-bond acceptors (Lipinski definition) is 5. The fraction of sp³-hybridized carbons (Fsp3) is 0.375. The molecule has 5 nitrogen and oxygen atoms in total. The molecule has 1 heterocycles. The molecule has 0 aliphatic rings. The Labute approximate surface area is 138 Å². The van der Waals surface area contributed by atoms with E-state index in [1.807, 2.05) is 0 Å². The molecule has 0 spiro atoms. The number of nitrogens with one attached hydrogen (secondary N) is 2. The summed E-state index contributed by atoms with van der Waals surface area (Å²) in [6.45, 7) is 4.41. The molecule has 2 aromatic rings. The number of ether oxygens (including phenoxy) is 1. The standard InChI is InChI=1S/C16H20FN3O2S/c1-11-14(15(21)19-8-7-18-9-10-22-2)23-16(20-11)12-3-5-13(17)6-4-12/h3-6,18H,7-10H2,1-2H3,(H,19,21). The topological polar surface area (TPSA) is 63.2 Å². The Morgan fingerprint density at radius 3 is 2.70 bits per heavy atom. The quantitative estimate of drug-likeness (QED) is 0.725. The number of amides is 1. The summed E-state index contributed by atoms with van der Waals surface area (Å²) in [7, 11) is 1.65. The van der Waals surface area contributed by atoms with Crippen molar-refractivity contribution in [2.45, 2.75) is 6.92 Å². The van der Waals surface area contributed by atoms with Crippen LogP contribution < -0.4 is 10.6 Å². The molecule has 0 aliphatic carbocycles. The molecule has 0 unspecified atom stereocenters. The van der Waals surface area contributed by atoms with Gasteiger partial charge in [-0.2, -0.15) is 0 Å². The average Bonchev–Trinajstić information content (AvgIpc) is 2.93. The molecule has 1 aromatic carbocycles. The van der Waals surface area contributed by atoms with E-state index in [1.54, 1.807) is 26.2 Å². The minimum Gasteiger partial charge on any atom is -0.383 e. The minimum absolute atomic E-state index is 0.137. The van der Waals surface area contributed by atoms with Crippen molar-refractivity contribution < 1.29 is 13.9 Å². The molecule has 0 saturated heterocycles. The molecule has 0 atom stereocenters. The second kappa shape index (κ2) is 8.71. The van der Waals surface area contributed by atoms with Gasteiger partial charge in [0.1, 0.15) is 15.7 Å². The number of aryl methyl sites for hydroxylation is 1. The fourth-order valence-electron chi connectivity index (χ4n) is 1.97. The molecule has 23 heavy (non-hydrogen) atoms. The summed E-state index contributed by atoms with van der Waals surface area (Å²) in [5, 5.41) is 6.73. The van der Waals surface area contributed by atoms with Crippen molar-refractivity contribution in [1.82, 2.24) is 15.6 Å². The van der Waals surface area contributed by atoms with Gasteiger partial charge in [0.15, 0.2) is 0 Å². The first-order valence-corrected chi connectivity index (χ1v) is 8.14. The van der Waals surface area contributed by atoms with Gasteiger partial charge < -0.3 is 15.4 Å². The summed E-state index contributed by atoms with van der Waals surface area (Å²) in [4.78, 5) is 17.2. The molecular weight excluding hydrogens is 317 g/mol. The number of thiazole rings is 1. The highest BCUT2D eigenvalue weighted by Gasteiger charge is 2.15. The van der Waals surface area contributed by atoms with Crippen molar-refractivity contribution in [3.63, 3.8) is 0 Å².